The van der Waals surface area contributed by atoms with Gasteiger partial charge in [0.1, 0.15) is 5.75 Å². The van der Waals surface area contributed by atoms with Crippen molar-refractivity contribution in [1.82, 2.24) is 0 Å². The molecule has 0 saturated heterocycles. The van der Waals surface area contributed by atoms with Crippen LogP contribution in [0.3, 0.4) is 0 Å². The van der Waals surface area contributed by atoms with E-state index in [1.165, 1.54) is 12.1 Å². The van der Waals surface area contributed by atoms with Crippen LogP contribution in [0.2, 0.25) is 0 Å². The van der Waals surface area contributed by atoms with Gasteiger partial charge in [0.05, 0.1) is 6.42 Å². The second kappa shape index (κ2) is 6.07. The van der Waals surface area contributed by atoms with Crippen LogP contribution < -0.4 is 4.74 Å². The first kappa shape index (κ1) is 14.8. The van der Waals surface area contributed by atoms with Crippen molar-refractivity contribution in [3.05, 3.63) is 30.3 Å². The van der Waals surface area contributed by atoms with Crippen LogP contribution in [0.1, 0.15) is 6.42 Å². The molecule has 0 aliphatic carbocycles. The molecule has 0 aromatic heterocycles. The molecule has 0 bridgehead atoms. The van der Waals surface area contributed by atoms with Gasteiger partial charge in [-0.1, -0.05) is 18.2 Å². The van der Waals surface area contributed by atoms with Crippen LogP contribution in [0.4, 0.5) is 0 Å². The second-order valence-corrected chi connectivity index (χ2v) is 4.34. The summed E-state index contributed by atoms with van der Waals surface area (Å²) in [6, 6.07) is 7.58. The van der Waals surface area contributed by atoms with Gasteiger partial charge in [0.2, 0.25) is 0 Å². The Morgan fingerprint density at radius 3 is 2.26 bits per heavy atom. The van der Waals surface area contributed by atoms with Gasteiger partial charge in [-0.25, -0.2) is 4.79 Å². The molecule has 1 aromatic carbocycles. The number of nitrogens with zero attached hydrogens (tertiary/aromatic N) is 1. The molecule has 102 valence electrons. The van der Waals surface area contributed by atoms with E-state index in [1.807, 2.05) is 0 Å². The highest BCUT2D eigenvalue weighted by Gasteiger charge is 2.20. The number of carboxylic acids is 1. The molecule has 0 radical (unpaired) electrons. The number of hydrogen-bond acceptors (Lipinski definition) is 5. The zero-order valence-electron chi connectivity index (χ0n) is 9.38. The lowest BCUT2D eigenvalue weighted by molar-refractivity contribution is -0.136. The number of hydrogen-bond donors (Lipinski definition) is 2. The third kappa shape index (κ3) is 5.75. The molecule has 19 heavy (non-hydrogen) atoms. The van der Waals surface area contributed by atoms with Crippen molar-refractivity contribution in [2.24, 2.45) is 4.40 Å². The predicted octanol–water partition coefficient (Wildman–Crippen LogP) is 0.310. The lowest BCUT2D eigenvalue weighted by atomic mass is 10.3. The summed E-state index contributed by atoms with van der Waals surface area (Å²) >= 11 is 0. The topological polar surface area (TPSA) is 130 Å². The maximum absolute atomic E-state index is 11.5. The van der Waals surface area contributed by atoms with E-state index in [1.54, 1.807) is 18.2 Å². The van der Waals surface area contributed by atoms with E-state index < -0.39 is 34.4 Å². The van der Waals surface area contributed by atoms with Crippen molar-refractivity contribution < 1.29 is 32.4 Å². The standard InChI is InChI=1S/C10H9NO7S/c12-9(13)6-8(11-19(15,16)17)10(14)18-7-4-2-1-3-5-7/h1-5H,6H2,(H,12,13)(H,15,16,17). The molecule has 1 rings (SSSR count). The minimum absolute atomic E-state index is 0.0842. The van der Waals surface area contributed by atoms with Gasteiger partial charge in [-0.05, 0) is 12.1 Å². The van der Waals surface area contributed by atoms with E-state index >= 15 is 0 Å². The van der Waals surface area contributed by atoms with Crippen LogP contribution in [0.15, 0.2) is 34.7 Å². The number of benzene rings is 1. The zero-order chi connectivity index (χ0) is 14.5. The van der Waals surface area contributed by atoms with Gasteiger partial charge in [-0.15, -0.1) is 4.40 Å². The Morgan fingerprint density at radius 1 is 1.21 bits per heavy atom. The van der Waals surface area contributed by atoms with Crippen LogP contribution >= 0.6 is 0 Å². The highest BCUT2D eigenvalue weighted by atomic mass is 32.2. The molecule has 0 aliphatic rings. The van der Waals surface area contributed by atoms with Crippen LogP contribution in [0, 0.1) is 0 Å². The largest absolute Gasteiger partial charge is 0.481 e. The maximum Gasteiger partial charge on any atom is 0.378 e. The van der Waals surface area contributed by atoms with Crippen molar-refractivity contribution in [2.45, 2.75) is 6.42 Å². The summed E-state index contributed by atoms with van der Waals surface area (Å²) in [4.78, 5) is 22.0. The minimum atomic E-state index is -4.88. The van der Waals surface area contributed by atoms with Crippen molar-refractivity contribution in [3.63, 3.8) is 0 Å². The second-order valence-electron chi connectivity index (χ2n) is 3.26. The first-order chi connectivity index (χ1) is 8.78. The number of aliphatic carboxylic acids is 1. The average Bonchev–Trinajstić information content (AvgIpc) is 2.27. The number of carboxylic acid groups (broad SMARTS) is 1. The van der Waals surface area contributed by atoms with Gasteiger partial charge >= 0.3 is 22.2 Å². The number of carbonyl (C=O) groups excluding carboxylic acids is 1. The molecule has 9 heteroatoms. The fourth-order valence-electron chi connectivity index (χ4n) is 1.08. The first-order valence-electron chi connectivity index (χ1n) is 4.83. The molecular formula is C10H9NO7S. The fourth-order valence-corrected chi connectivity index (χ4v) is 1.50. The predicted molar refractivity (Wildman–Crippen MR) is 63.3 cm³/mol. The van der Waals surface area contributed by atoms with E-state index in [0.717, 1.165) is 0 Å². The Morgan fingerprint density at radius 2 is 1.79 bits per heavy atom. The Bertz CT molecular complexity index is 606. The third-order valence-corrected chi connectivity index (χ3v) is 2.18. The lowest BCUT2D eigenvalue weighted by Crippen LogP contribution is -2.24. The molecule has 2 N–H and O–H groups in total. The van der Waals surface area contributed by atoms with Gasteiger partial charge in [-0.3, -0.25) is 9.35 Å². The fraction of sp³-hybridized carbons (Fsp3) is 0.100. The van der Waals surface area contributed by atoms with E-state index in [9.17, 15) is 18.0 Å². The first-order valence-corrected chi connectivity index (χ1v) is 6.23. The molecule has 0 amide bonds. The number of esters is 1. The highest BCUT2D eigenvalue weighted by molar-refractivity contribution is 7.84. The molecule has 8 nitrogen and oxygen atoms in total. The van der Waals surface area contributed by atoms with Crippen LogP contribution in [0.5, 0.6) is 5.75 Å². The van der Waals surface area contributed by atoms with Crippen LogP contribution in [0.25, 0.3) is 0 Å². The monoisotopic (exact) mass is 287 g/mol. The summed E-state index contributed by atoms with van der Waals surface area (Å²) in [5.41, 5.74) is -0.932. The molecule has 0 fully saturated rings. The minimum Gasteiger partial charge on any atom is -0.481 e. The van der Waals surface area contributed by atoms with Crippen LogP contribution in [-0.4, -0.2) is 35.7 Å². The molecule has 0 saturated carbocycles. The quantitative estimate of drug-likeness (QED) is 0.345. The van der Waals surface area contributed by atoms with Crippen molar-refractivity contribution in [1.29, 1.82) is 0 Å². The zero-order valence-corrected chi connectivity index (χ0v) is 10.2. The van der Waals surface area contributed by atoms with E-state index in [4.69, 9.17) is 14.4 Å². The smallest absolute Gasteiger partial charge is 0.378 e. The average molecular weight is 287 g/mol. The maximum atomic E-state index is 11.5. The summed E-state index contributed by atoms with van der Waals surface area (Å²) in [6.45, 7) is 0. The van der Waals surface area contributed by atoms with Crippen molar-refractivity contribution in [2.75, 3.05) is 0 Å². The highest BCUT2D eigenvalue weighted by Crippen LogP contribution is 2.09. The Kier molecular flexibility index (Phi) is 4.73. The van der Waals surface area contributed by atoms with E-state index in [2.05, 4.69) is 4.40 Å². The van der Waals surface area contributed by atoms with Crippen molar-refractivity contribution in [3.8, 4) is 5.75 Å². The van der Waals surface area contributed by atoms with Gasteiger partial charge in [0, 0.05) is 0 Å². The summed E-state index contributed by atoms with van der Waals surface area (Å²) in [5, 5.41) is 8.53. The van der Waals surface area contributed by atoms with Gasteiger partial charge in [0.25, 0.3) is 0 Å². The molecular weight excluding hydrogens is 278 g/mol. The molecule has 1 aromatic rings. The van der Waals surface area contributed by atoms with Gasteiger partial charge in [0.15, 0.2) is 5.71 Å². The van der Waals surface area contributed by atoms with E-state index in [0.29, 0.717) is 0 Å². The third-order valence-electron chi connectivity index (χ3n) is 1.73. The number of ether oxygens (including phenoxy) is 1. The molecule has 0 spiro atoms. The SMILES string of the molecule is O=C(O)CC(=NS(=O)(=O)O)C(=O)Oc1ccccc1. The number of carbonyl (C=O) groups is 2. The van der Waals surface area contributed by atoms with Crippen LogP contribution in [-0.2, 0) is 19.9 Å². The Balaban J connectivity index is 2.96. The summed E-state index contributed by atoms with van der Waals surface area (Å²) in [6.07, 6.45) is -0.995. The molecule has 0 heterocycles. The summed E-state index contributed by atoms with van der Waals surface area (Å²) in [5.74, 6) is -2.68. The molecule has 0 atom stereocenters. The molecule has 0 unspecified atom stereocenters. The van der Waals surface area contributed by atoms with Gasteiger partial charge < -0.3 is 9.84 Å². The Hall–Kier alpha value is -2.26. The lowest BCUT2D eigenvalue weighted by Gasteiger charge is -2.04. The van der Waals surface area contributed by atoms with Crippen molar-refractivity contribution >= 4 is 28.0 Å². The van der Waals surface area contributed by atoms with E-state index in [-0.39, 0.29) is 5.75 Å². The summed E-state index contributed by atoms with van der Waals surface area (Å²) < 4.78 is 36.9. The van der Waals surface area contributed by atoms with Gasteiger partial charge in [-0.2, -0.15) is 8.42 Å². The number of rotatable bonds is 5. The Labute approximate surface area is 108 Å². The number of para-hydroxylation sites is 1. The summed E-state index contributed by atoms with van der Waals surface area (Å²) in [7, 11) is -4.88. The molecule has 0 aliphatic heterocycles. The normalized spacial score (nSPS) is 11.9.